The van der Waals surface area contributed by atoms with Crippen LogP contribution in [0.2, 0.25) is 0 Å². The molecule has 0 saturated carbocycles. The molecule has 3 aromatic rings. The Bertz CT molecular complexity index is 924. The number of ether oxygens (including phenoxy) is 2. The van der Waals surface area contributed by atoms with Gasteiger partial charge in [0.2, 0.25) is 5.89 Å². The molecule has 1 N–H and O–H groups in total. The molecule has 1 aromatic heterocycles. The Morgan fingerprint density at radius 3 is 2.41 bits per heavy atom. The van der Waals surface area contributed by atoms with Gasteiger partial charge in [-0.1, -0.05) is 31.1 Å². The van der Waals surface area contributed by atoms with Crippen molar-refractivity contribution in [3.05, 3.63) is 60.0 Å². The zero-order valence-corrected chi connectivity index (χ0v) is 17.4. The van der Waals surface area contributed by atoms with Crippen molar-refractivity contribution in [3.63, 3.8) is 0 Å². The zero-order chi connectivity index (χ0) is 20.6. The summed E-state index contributed by atoms with van der Waals surface area (Å²) in [6.45, 7) is 4.16. The lowest BCUT2D eigenvalue weighted by Gasteiger charge is -2.06. The van der Waals surface area contributed by atoms with E-state index in [1.165, 1.54) is 4.90 Å². The van der Waals surface area contributed by atoms with Crippen molar-refractivity contribution in [1.29, 1.82) is 0 Å². The third-order valence-electron chi connectivity index (χ3n) is 3.79. The van der Waals surface area contributed by atoms with Crippen LogP contribution in [0.5, 0.6) is 11.5 Å². The quantitative estimate of drug-likeness (QED) is 0.526. The van der Waals surface area contributed by atoms with Crippen molar-refractivity contribution in [2.24, 2.45) is 0 Å². The van der Waals surface area contributed by atoms with E-state index in [1.54, 1.807) is 31.4 Å². The first-order chi connectivity index (χ1) is 14.0. The highest BCUT2D eigenvalue weighted by Crippen LogP contribution is 2.23. The van der Waals surface area contributed by atoms with E-state index in [1.807, 2.05) is 23.9 Å². The number of aromatic nitrogens is 2. The third kappa shape index (κ3) is 6.53. The summed E-state index contributed by atoms with van der Waals surface area (Å²) in [5.41, 5.74) is 1.06. The maximum atomic E-state index is 12.0. The van der Waals surface area contributed by atoms with Gasteiger partial charge in [0.25, 0.3) is 5.91 Å². The Hall–Kier alpha value is -3.00. The van der Waals surface area contributed by atoms with E-state index < -0.39 is 0 Å². The molecular formula is C21H23N3O4S. The molecule has 152 valence electrons. The molecule has 0 radical (unpaired) electrons. The maximum Gasteiger partial charge on any atom is 0.322 e. The van der Waals surface area contributed by atoms with Crippen LogP contribution in [0.3, 0.4) is 0 Å². The van der Waals surface area contributed by atoms with E-state index in [9.17, 15) is 4.79 Å². The summed E-state index contributed by atoms with van der Waals surface area (Å²) >= 11 is 1.81. The highest BCUT2D eigenvalue weighted by Gasteiger charge is 2.11. The average Bonchev–Trinajstić information content (AvgIpc) is 3.14. The molecule has 0 unspecified atom stereocenters. The summed E-state index contributed by atoms with van der Waals surface area (Å²) in [4.78, 5) is 13.2. The standard InChI is InChI=1S/C21H23N3O4S/c1-14(2)29-18-10-4-15(5-11-18)12-20-23-24-21(28-20)22-19(25)13-27-17-8-6-16(26-3)7-9-17/h4-11,14H,12-13H2,1-3H3,(H,22,24,25). The monoisotopic (exact) mass is 413 g/mol. The zero-order valence-electron chi connectivity index (χ0n) is 16.5. The number of benzene rings is 2. The first kappa shape index (κ1) is 20.7. The summed E-state index contributed by atoms with van der Waals surface area (Å²) < 4.78 is 16.0. The fourth-order valence-electron chi connectivity index (χ4n) is 2.48. The van der Waals surface area contributed by atoms with Crippen LogP contribution in [-0.4, -0.2) is 35.1 Å². The lowest BCUT2D eigenvalue weighted by molar-refractivity contribution is -0.118. The van der Waals surface area contributed by atoms with E-state index in [0.29, 0.717) is 29.1 Å². The predicted molar refractivity (Wildman–Crippen MR) is 112 cm³/mol. The fourth-order valence-corrected chi connectivity index (χ4v) is 3.32. The van der Waals surface area contributed by atoms with Gasteiger partial charge in [-0.15, -0.1) is 16.9 Å². The van der Waals surface area contributed by atoms with Gasteiger partial charge in [-0.05, 0) is 42.0 Å². The van der Waals surface area contributed by atoms with Crippen LogP contribution in [0.15, 0.2) is 57.8 Å². The summed E-state index contributed by atoms with van der Waals surface area (Å²) in [5, 5.41) is 10.9. The Morgan fingerprint density at radius 1 is 1.07 bits per heavy atom. The summed E-state index contributed by atoms with van der Waals surface area (Å²) in [5.74, 6) is 1.33. The van der Waals surface area contributed by atoms with Gasteiger partial charge >= 0.3 is 6.01 Å². The highest BCUT2D eigenvalue weighted by molar-refractivity contribution is 7.99. The molecule has 7 nitrogen and oxygen atoms in total. The third-order valence-corrected chi connectivity index (χ3v) is 4.81. The van der Waals surface area contributed by atoms with E-state index in [-0.39, 0.29) is 18.5 Å². The molecule has 0 spiro atoms. The van der Waals surface area contributed by atoms with E-state index in [4.69, 9.17) is 13.9 Å². The van der Waals surface area contributed by atoms with Crippen LogP contribution in [0.25, 0.3) is 0 Å². The van der Waals surface area contributed by atoms with Crippen molar-refractivity contribution in [2.75, 3.05) is 19.0 Å². The van der Waals surface area contributed by atoms with Crippen LogP contribution in [-0.2, 0) is 11.2 Å². The molecule has 1 amide bonds. The van der Waals surface area contributed by atoms with Crippen molar-refractivity contribution < 1.29 is 18.7 Å². The lowest BCUT2D eigenvalue weighted by Crippen LogP contribution is -2.20. The number of carbonyl (C=O) groups is 1. The van der Waals surface area contributed by atoms with Gasteiger partial charge < -0.3 is 13.9 Å². The number of anilines is 1. The van der Waals surface area contributed by atoms with Gasteiger partial charge in [0.15, 0.2) is 6.61 Å². The maximum absolute atomic E-state index is 12.0. The lowest BCUT2D eigenvalue weighted by atomic mass is 10.1. The minimum Gasteiger partial charge on any atom is -0.497 e. The second kappa shape index (κ2) is 9.97. The van der Waals surface area contributed by atoms with E-state index >= 15 is 0 Å². The molecule has 0 saturated heterocycles. The highest BCUT2D eigenvalue weighted by atomic mass is 32.2. The second-order valence-electron chi connectivity index (χ2n) is 6.50. The Morgan fingerprint density at radius 2 is 1.76 bits per heavy atom. The number of rotatable bonds is 9. The number of methoxy groups -OCH3 is 1. The Balaban J connectivity index is 1.48. The normalized spacial score (nSPS) is 10.8. The van der Waals surface area contributed by atoms with Crippen molar-refractivity contribution in [3.8, 4) is 11.5 Å². The molecule has 3 rings (SSSR count). The van der Waals surface area contributed by atoms with Gasteiger partial charge in [-0.2, -0.15) is 0 Å². The fraction of sp³-hybridized carbons (Fsp3) is 0.286. The van der Waals surface area contributed by atoms with Crippen LogP contribution in [0.1, 0.15) is 25.3 Å². The SMILES string of the molecule is COc1ccc(OCC(=O)Nc2nnc(Cc3ccc(SC(C)C)cc3)o2)cc1. The summed E-state index contributed by atoms with van der Waals surface area (Å²) in [7, 11) is 1.59. The molecule has 0 aliphatic carbocycles. The molecule has 2 aromatic carbocycles. The van der Waals surface area contributed by atoms with Gasteiger partial charge in [-0.25, -0.2) is 0 Å². The molecule has 0 aliphatic rings. The largest absolute Gasteiger partial charge is 0.497 e. The number of hydrogen-bond donors (Lipinski definition) is 1. The minimum atomic E-state index is -0.383. The van der Waals surface area contributed by atoms with Crippen LogP contribution >= 0.6 is 11.8 Å². The Labute approximate surface area is 173 Å². The smallest absolute Gasteiger partial charge is 0.322 e. The average molecular weight is 413 g/mol. The topological polar surface area (TPSA) is 86.5 Å². The van der Waals surface area contributed by atoms with Gasteiger partial charge in [-0.3, -0.25) is 10.1 Å². The van der Waals surface area contributed by atoms with Crippen LogP contribution in [0.4, 0.5) is 6.01 Å². The number of hydrogen-bond acceptors (Lipinski definition) is 7. The van der Waals surface area contributed by atoms with Crippen molar-refractivity contribution in [1.82, 2.24) is 10.2 Å². The molecule has 0 bridgehead atoms. The predicted octanol–water partition coefficient (Wildman–Crippen LogP) is 4.19. The Kier molecular flexibility index (Phi) is 7.13. The molecule has 29 heavy (non-hydrogen) atoms. The molecule has 0 aliphatic heterocycles. The van der Waals surface area contributed by atoms with Crippen molar-refractivity contribution >= 4 is 23.7 Å². The molecule has 8 heteroatoms. The summed E-state index contributed by atoms with van der Waals surface area (Å²) in [6.07, 6.45) is 0.498. The van der Waals surface area contributed by atoms with E-state index in [0.717, 1.165) is 5.56 Å². The number of nitrogens with zero attached hydrogens (tertiary/aromatic N) is 2. The number of nitrogens with one attached hydrogen (secondary N) is 1. The first-order valence-corrected chi connectivity index (χ1v) is 10.0. The van der Waals surface area contributed by atoms with Crippen LogP contribution in [0, 0.1) is 0 Å². The van der Waals surface area contributed by atoms with Crippen molar-refractivity contribution in [2.45, 2.75) is 30.4 Å². The second-order valence-corrected chi connectivity index (χ2v) is 8.15. The van der Waals surface area contributed by atoms with E-state index in [2.05, 4.69) is 41.5 Å². The number of thioether (sulfide) groups is 1. The van der Waals surface area contributed by atoms with Gasteiger partial charge in [0.1, 0.15) is 11.5 Å². The molecule has 1 heterocycles. The summed E-state index contributed by atoms with van der Waals surface area (Å²) in [6, 6.07) is 15.2. The molecular weight excluding hydrogens is 390 g/mol. The first-order valence-electron chi connectivity index (χ1n) is 9.16. The van der Waals surface area contributed by atoms with Gasteiger partial charge in [0.05, 0.1) is 13.5 Å². The number of carbonyl (C=O) groups excluding carboxylic acids is 1. The molecule has 0 atom stereocenters. The van der Waals surface area contributed by atoms with Crippen LogP contribution < -0.4 is 14.8 Å². The molecule has 0 fully saturated rings. The van der Waals surface area contributed by atoms with Gasteiger partial charge in [0, 0.05) is 10.1 Å². The number of amides is 1. The minimum absolute atomic E-state index is 0.0512.